The molecule has 1 saturated heterocycles. The number of carbonyl (C=O) groups is 4. The third-order valence-corrected chi connectivity index (χ3v) is 2.98. The van der Waals surface area contributed by atoms with E-state index in [1.54, 1.807) is 0 Å². The molecule has 0 saturated carbocycles. The van der Waals surface area contributed by atoms with Gasteiger partial charge in [-0.25, -0.2) is 9.59 Å². The van der Waals surface area contributed by atoms with E-state index >= 15 is 0 Å². The van der Waals surface area contributed by atoms with E-state index in [9.17, 15) is 19.2 Å². The maximum atomic E-state index is 11.8. The topological polar surface area (TPSA) is 114 Å². The van der Waals surface area contributed by atoms with E-state index in [1.165, 1.54) is 6.92 Å². The molecule has 0 aromatic carbocycles. The van der Waals surface area contributed by atoms with E-state index in [-0.39, 0.29) is 6.42 Å². The van der Waals surface area contributed by atoms with Gasteiger partial charge in [0.1, 0.15) is 12.2 Å². The third kappa shape index (κ3) is 4.25. The Morgan fingerprint density at radius 1 is 0.909 bits per heavy atom. The monoisotopic (exact) mass is 318 g/mol. The molecular weight excluding hydrogens is 300 g/mol. The van der Waals surface area contributed by atoms with Crippen LogP contribution in [0.3, 0.4) is 0 Å². The van der Waals surface area contributed by atoms with Crippen LogP contribution in [0.25, 0.3) is 0 Å². The molecule has 0 aromatic rings. The van der Waals surface area contributed by atoms with E-state index in [1.807, 2.05) is 0 Å². The average molecular weight is 318 g/mol. The minimum atomic E-state index is -1.55. The summed E-state index contributed by atoms with van der Waals surface area (Å²) in [5.74, 6) is -4.45. The van der Waals surface area contributed by atoms with Gasteiger partial charge in [0.25, 0.3) is 0 Å². The lowest BCUT2D eigenvalue weighted by Gasteiger charge is -2.21. The first-order valence-electron chi connectivity index (χ1n) is 6.36. The summed E-state index contributed by atoms with van der Waals surface area (Å²) < 4.78 is 24.1. The largest absolute Gasteiger partial charge is 0.469 e. The molecule has 0 amide bonds. The highest BCUT2D eigenvalue weighted by Crippen LogP contribution is 2.33. The first-order chi connectivity index (χ1) is 10.3. The normalized spacial score (nSPS) is 22.7. The summed E-state index contributed by atoms with van der Waals surface area (Å²) in [6.45, 7) is 1.38. The number of Topliss-reactive ketones (excluding diaryl/α,β-unsaturated/α-hetero) is 1. The Hall–Kier alpha value is -2.00. The zero-order valence-electron chi connectivity index (χ0n) is 12.7. The molecule has 124 valence electrons. The van der Waals surface area contributed by atoms with Crippen LogP contribution in [-0.2, 0) is 42.9 Å². The number of methoxy groups -OCH3 is 3. The van der Waals surface area contributed by atoms with Gasteiger partial charge in [0.15, 0.2) is 18.0 Å². The van der Waals surface area contributed by atoms with Crippen molar-refractivity contribution in [1.82, 2.24) is 0 Å². The Bertz CT molecular complexity index is 446. The number of esters is 3. The van der Waals surface area contributed by atoms with Crippen LogP contribution in [0.4, 0.5) is 0 Å². The van der Waals surface area contributed by atoms with Gasteiger partial charge in [0.05, 0.1) is 27.8 Å². The molecule has 0 bridgehead atoms. The van der Waals surface area contributed by atoms with E-state index in [4.69, 9.17) is 9.47 Å². The molecule has 1 aliphatic heterocycles. The van der Waals surface area contributed by atoms with Gasteiger partial charge < -0.3 is 23.7 Å². The fraction of sp³-hybridized carbons (Fsp3) is 0.692. The van der Waals surface area contributed by atoms with Gasteiger partial charge in [0.2, 0.25) is 0 Å². The van der Waals surface area contributed by atoms with E-state index in [2.05, 4.69) is 14.2 Å². The van der Waals surface area contributed by atoms with Gasteiger partial charge in [0, 0.05) is 0 Å². The fourth-order valence-electron chi connectivity index (χ4n) is 2.00. The van der Waals surface area contributed by atoms with Gasteiger partial charge in [-0.15, -0.1) is 0 Å². The molecule has 0 aromatic heterocycles. The molecule has 0 spiro atoms. The molecule has 0 N–H and O–H groups in total. The Labute approximate surface area is 126 Å². The number of ether oxygens (including phenoxy) is 5. The second-order valence-electron chi connectivity index (χ2n) is 4.73. The maximum Gasteiger partial charge on any atom is 0.338 e. The van der Waals surface area contributed by atoms with Crippen molar-refractivity contribution in [3.8, 4) is 0 Å². The molecule has 22 heavy (non-hydrogen) atoms. The second kappa shape index (κ2) is 7.32. The van der Waals surface area contributed by atoms with Gasteiger partial charge in [-0.2, -0.15) is 0 Å². The Morgan fingerprint density at radius 2 is 1.36 bits per heavy atom. The van der Waals surface area contributed by atoms with Gasteiger partial charge >= 0.3 is 17.9 Å². The summed E-state index contributed by atoms with van der Waals surface area (Å²) >= 11 is 0. The highest BCUT2D eigenvalue weighted by atomic mass is 16.8. The molecule has 0 aliphatic carbocycles. The van der Waals surface area contributed by atoms with Crippen LogP contribution >= 0.6 is 0 Å². The molecule has 0 unspecified atom stereocenters. The van der Waals surface area contributed by atoms with Crippen LogP contribution in [0.1, 0.15) is 19.8 Å². The predicted molar refractivity (Wildman–Crippen MR) is 68.4 cm³/mol. The Kier molecular flexibility index (Phi) is 6.01. The lowest BCUT2D eigenvalue weighted by atomic mass is 10.1. The first kappa shape index (κ1) is 18.1. The van der Waals surface area contributed by atoms with Gasteiger partial charge in [-0.3, -0.25) is 9.59 Å². The Balaban J connectivity index is 2.83. The summed E-state index contributed by atoms with van der Waals surface area (Å²) in [6, 6.07) is 0. The number of hydrogen-bond donors (Lipinski definition) is 0. The van der Waals surface area contributed by atoms with Crippen molar-refractivity contribution < 1.29 is 42.9 Å². The molecule has 1 heterocycles. The molecule has 1 rings (SSSR count). The van der Waals surface area contributed by atoms with Crippen LogP contribution in [0, 0.1) is 0 Å². The molecule has 0 radical (unpaired) electrons. The summed E-state index contributed by atoms with van der Waals surface area (Å²) in [7, 11) is 3.40. The van der Waals surface area contributed by atoms with E-state index in [0.29, 0.717) is 0 Å². The van der Waals surface area contributed by atoms with Crippen molar-refractivity contribution in [2.75, 3.05) is 21.3 Å². The zero-order valence-corrected chi connectivity index (χ0v) is 12.7. The van der Waals surface area contributed by atoms with Crippen LogP contribution < -0.4 is 0 Å². The summed E-state index contributed by atoms with van der Waals surface area (Å²) in [6.07, 6.45) is -3.52. The minimum absolute atomic E-state index is 0.344. The van der Waals surface area contributed by atoms with Crippen molar-refractivity contribution in [3.05, 3.63) is 0 Å². The van der Waals surface area contributed by atoms with Crippen molar-refractivity contribution in [2.24, 2.45) is 0 Å². The van der Waals surface area contributed by atoms with Crippen molar-refractivity contribution >= 4 is 23.7 Å². The molecule has 9 heteroatoms. The minimum Gasteiger partial charge on any atom is -0.469 e. The number of carbonyl (C=O) groups excluding carboxylic acids is 4. The lowest BCUT2D eigenvalue weighted by molar-refractivity contribution is -0.185. The van der Waals surface area contributed by atoms with Crippen LogP contribution in [-0.4, -0.2) is 63.0 Å². The standard InChI is InChI=1S/C13H18O9/c1-13(6-7(14)5-8(15)18-2)21-9(11(16)19-3)10(22-13)12(17)20-4/h9-10H,5-6H2,1-4H3/t9-,10-/m1/s1. The van der Waals surface area contributed by atoms with Crippen molar-refractivity contribution in [2.45, 2.75) is 37.8 Å². The number of ketones is 1. The zero-order chi connectivity index (χ0) is 16.9. The number of rotatable bonds is 6. The summed E-state index contributed by atoms with van der Waals surface area (Å²) in [5, 5.41) is 0. The smallest absolute Gasteiger partial charge is 0.338 e. The molecular formula is C13H18O9. The highest BCUT2D eigenvalue weighted by Gasteiger charge is 2.53. The quantitative estimate of drug-likeness (QED) is 0.358. The van der Waals surface area contributed by atoms with Gasteiger partial charge in [-0.05, 0) is 6.92 Å². The second-order valence-corrected chi connectivity index (χ2v) is 4.73. The summed E-state index contributed by atoms with van der Waals surface area (Å²) in [5.41, 5.74) is 0. The maximum absolute atomic E-state index is 11.8. The van der Waals surface area contributed by atoms with Crippen molar-refractivity contribution in [3.63, 3.8) is 0 Å². The predicted octanol–water partition coefficient (Wildman–Crippen LogP) is -0.645. The van der Waals surface area contributed by atoms with Crippen LogP contribution in [0.5, 0.6) is 0 Å². The fourth-order valence-corrected chi connectivity index (χ4v) is 2.00. The third-order valence-electron chi connectivity index (χ3n) is 2.98. The van der Waals surface area contributed by atoms with Gasteiger partial charge in [-0.1, -0.05) is 0 Å². The molecule has 2 atom stereocenters. The highest BCUT2D eigenvalue weighted by molar-refractivity contribution is 5.96. The summed E-state index contributed by atoms with van der Waals surface area (Å²) in [4.78, 5) is 46.1. The number of hydrogen-bond acceptors (Lipinski definition) is 9. The first-order valence-corrected chi connectivity index (χ1v) is 6.36. The molecule has 1 aliphatic rings. The molecule has 1 fully saturated rings. The van der Waals surface area contributed by atoms with E-state index < -0.39 is 48.1 Å². The SMILES string of the molecule is COC(=O)CC(=O)CC1(C)O[C@@H](C(=O)OC)[C@H](C(=O)OC)O1. The van der Waals surface area contributed by atoms with E-state index in [0.717, 1.165) is 21.3 Å². The van der Waals surface area contributed by atoms with Crippen molar-refractivity contribution in [1.29, 1.82) is 0 Å². The Morgan fingerprint density at radius 3 is 1.73 bits per heavy atom. The van der Waals surface area contributed by atoms with Crippen LogP contribution in [0.15, 0.2) is 0 Å². The average Bonchev–Trinajstić information content (AvgIpc) is 2.82. The van der Waals surface area contributed by atoms with Crippen LogP contribution in [0.2, 0.25) is 0 Å². The molecule has 9 nitrogen and oxygen atoms in total. The lowest BCUT2D eigenvalue weighted by Crippen LogP contribution is -2.38.